The Balaban J connectivity index is 0. The summed E-state index contributed by atoms with van der Waals surface area (Å²) in [5.74, 6) is 0. The van der Waals surface area contributed by atoms with Gasteiger partial charge in [0.1, 0.15) is 0 Å². The van der Waals surface area contributed by atoms with E-state index in [1.165, 1.54) is 0 Å². The molecule has 2 radical (unpaired) electrons. The van der Waals surface area contributed by atoms with E-state index in [1.54, 1.807) is 0 Å². The first-order valence-electron chi connectivity index (χ1n) is 0. The molecule has 0 aromatic heterocycles. The zero-order valence-electron chi connectivity index (χ0n) is 1.10. The van der Waals surface area contributed by atoms with Crippen molar-refractivity contribution in [2.24, 2.45) is 0 Å². The molecule has 0 amide bonds. The van der Waals surface area contributed by atoms with Gasteiger partial charge < -0.3 is 0 Å². The molecule has 0 unspecified atom stereocenters. The van der Waals surface area contributed by atoms with Crippen molar-refractivity contribution in [3.05, 3.63) is 0 Å². The fourth-order valence-corrected chi connectivity index (χ4v) is 0. The number of rotatable bonds is 0. The van der Waals surface area contributed by atoms with Gasteiger partial charge in [-0.3, -0.25) is 0 Å². The van der Waals surface area contributed by atoms with E-state index >= 15 is 0 Å². The normalized spacial score (nSPS) is 0. The fourth-order valence-electron chi connectivity index (χ4n) is 0. The molecule has 0 aliphatic rings. The molecule has 0 bridgehead atoms. The van der Waals surface area contributed by atoms with Gasteiger partial charge in [-0.25, -0.2) is 0 Å². The van der Waals surface area contributed by atoms with E-state index in [1.807, 2.05) is 0 Å². The first kappa shape index (κ1) is 42.9. The Morgan fingerprint density at radius 1 is 0.800 bits per heavy atom. The van der Waals surface area contributed by atoms with Crippen molar-refractivity contribution in [3.8, 4) is 0 Å². The first-order chi connectivity index (χ1) is 0. The van der Waals surface area contributed by atoms with Gasteiger partial charge in [0.15, 0.2) is 0 Å². The Morgan fingerprint density at radius 2 is 0.800 bits per heavy atom. The van der Waals surface area contributed by atoms with Gasteiger partial charge in [-0.15, -0.1) is 0 Å². The van der Waals surface area contributed by atoms with Crippen LogP contribution in [0, 0.1) is 0 Å². The predicted octanol–water partition coefficient (Wildman–Crippen LogP) is -3.29. The van der Waals surface area contributed by atoms with Crippen molar-refractivity contribution in [2.45, 2.75) is 0 Å². The molecule has 0 aromatic carbocycles. The minimum atomic E-state index is 0. The van der Waals surface area contributed by atoms with Crippen LogP contribution in [0.4, 0.5) is 0 Å². The Labute approximate surface area is 95.2 Å². The Hall–Kier alpha value is 3.06. The molecular formula is H8Cu2GaInSe. The van der Waals surface area contributed by atoms with E-state index in [9.17, 15) is 0 Å². The minimum absolute atomic E-state index is 0. The van der Waals surface area contributed by atoms with Gasteiger partial charge in [0.25, 0.3) is 0 Å². The molecule has 0 fully saturated rings. The molecule has 0 aliphatic carbocycles. The number of hydrogen-bond acceptors (Lipinski definition) is 0. The predicted molar refractivity (Wildman–Crippen MR) is 28.4 cm³/mol. The van der Waals surface area contributed by atoms with Crippen LogP contribution in [0.2, 0.25) is 0 Å². The third-order valence-electron chi connectivity index (χ3n) is 0. The molecule has 0 aliphatic heterocycles. The fraction of sp³-hybridized carbons (Fsp3) is 0. The molecule has 0 saturated heterocycles. The van der Waals surface area contributed by atoms with Crippen LogP contribution >= 0.6 is 0 Å². The second-order valence-electron chi connectivity index (χ2n) is 0. The van der Waals surface area contributed by atoms with Crippen LogP contribution in [0.5, 0.6) is 0 Å². The van der Waals surface area contributed by atoms with Crippen LogP contribution in [0.3, 0.4) is 0 Å². The van der Waals surface area contributed by atoms with Crippen LogP contribution in [-0.2, 0) is 34.1 Å². The maximum atomic E-state index is 0. The SMILES string of the molecule is [Cu].[Cu].[GaH3].[InH3].[SeH2]. The molecule has 0 N–H and O–H groups in total. The topological polar surface area (TPSA) is 0 Å². The van der Waals surface area contributed by atoms with Gasteiger partial charge in [-0.1, -0.05) is 0 Å². The van der Waals surface area contributed by atoms with Crippen LogP contribution in [0.25, 0.3) is 0 Å². The van der Waals surface area contributed by atoms with E-state index in [0.29, 0.717) is 0 Å². The summed E-state index contributed by atoms with van der Waals surface area (Å²) in [5.41, 5.74) is 0. The molecule has 0 saturated carbocycles. The van der Waals surface area contributed by atoms with Gasteiger partial charge in [0, 0.05) is 34.1 Å². The van der Waals surface area contributed by atoms with Gasteiger partial charge in [-0.05, 0) is 0 Å². The van der Waals surface area contributed by atoms with Gasteiger partial charge in [0.05, 0.1) is 0 Å². The number of hydrogen-bond donors (Lipinski definition) is 0. The third kappa shape index (κ3) is 19.3. The molecule has 42 valence electrons. The Kier molecular flexibility index (Phi) is 237. The Morgan fingerprint density at radius 3 is 0.800 bits per heavy atom. The van der Waals surface area contributed by atoms with E-state index in [4.69, 9.17) is 0 Å². The zero-order chi connectivity index (χ0) is 0. The molecular weight excluding hydrogens is 391 g/mol. The van der Waals surface area contributed by atoms with E-state index in [0.717, 1.165) is 0 Å². The zero-order valence-corrected chi connectivity index (χ0v) is 5.08. The summed E-state index contributed by atoms with van der Waals surface area (Å²) < 4.78 is 0. The van der Waals surface area contributed by atoms with Crippen molar-refractivity contribution in [1.29, 1.82) is 0 Å². The summed E-state index contributed by atoms with van der Waals surface area (Å²) in [6.45, 7) is 0. The summed E-state index contributed by atoms with van der Waals surface area (Å²) in [5, 5.41) is 0. The van der Waals surface area contributed by atoms with Crippen molar-refractivity contribution < 1.29 is 34.1 Å². The molecule has 0 spiro atoms. The van der Waals surface area contributed by atoms with E-state index in [-0.39, 0.29) is 96.8 Å². The summed E-state index contributed by atoms with van der Waals surface area (Å²) in [7, 11) is 0. The van der Waals surface area contributed by atoms with Gasteiger partial charge in [-0.2, -0.15) is 0 Å². The summed E-state index contributed by atoms with van der Waals surface area (Å²) in [6, 6.07) is 0. The molecule has 0 atom stereocenters. The average molecular weight is 399 g/mol. The van der Waals surface area contributed by atoms with Gasteiger partial charge in [0.2, 0.25) is 0 Å². The quantitative estimate of drug-likeness (QED) is 0.375. The molecule has 5 heteroatoms. The van der Waals surface area contributed by atoms with E-state index < -0.39 is 0 Å². The van der Waals surface area contributed by atoms with Crippen LogP contribution < -0.4 is 0 Å². The van der Waals surface area contributed by atoms with E-state index in [2.05, 4.69) is 0 Å². The summed E-state index contributed by atoms with van der Waals surface area (Å²) in [4.78, 5) is 0. The van der Waals surface area contributed by atoms with Crippen molar-refractivity contribution in [3.63, 3.8) is 0 Å². The summed E-state index contributed by atoms with van der Waals surface area (Å²) >= 11 is 0. The van der Waals surface area contributed by atoms with Crippen molar-refractivity contribution >= 4 is 62.7 Å². The summed E-state index contributed by atoms with van der Waals surface area (Å²) in [6.07, 6.45) is 0. The third-order valence-corrected chi connectivity index (χ3v) is 0. The average Bonchev–Trinajstić information content (AvgIpc) is 0. The first-order valence-corrected chi connectivity index (χ1v) is 0. The second-order valence-corrected chi connectivity index (χ2v) is 0. The second kappa shape index (κ2) is 27.7. The van der Waals surface area contributed by atoms with Gasteiger partial charge >= 0.3 is 62.7 Å². The molecule has 0 aromatic rings. The van der Waals surface area contributed by atoms with Crippen LogP contribution in [0.1, 0.15) is 0 Å². The molecule has 0 heterocycles. The van der Waals surface area contributed by atoms with Crippen LogP contribution in [-0.4, -0.2) is 62.7 Å². The Bertz CT molecular complexity index is 9.61. The van der Waals surface area contributed by atoms with Crippen LogP contribution in [0.15, 0.2) is 0 Å². The monoisotopic (exact) mass is 398 g/mol. The molecule has 5 heavy (non-hydrogen) atoms. The molecule has 0 nitrogen and oxygen atoms in total. The van der Waals surface area contributed by atoms with Crippen molar-refractivity contribution in [2.75, 3.05) is 0 Å². The van der Waals surface area contributed by atoms with Crippen molar-refractivity contribution in [1.82, 2.24) is 0 Å². The molecule has 0 rings (SSSR count). The standard InChI is InChI=1S/2Cu.Ga.In.H2Se.6H/h;;;;1H2;;;;;;. The maximum absolute atomic E-state index is 0.